The molecule has 36 heavy (non-hydrogen) atoms. The third-order valence-corrected chi connectivity index (χ3v) is 6.34. The Balaban J connectivity index is 1.46. The maximum absolute atomic E-state index is 12.3. The lowest BCUT2D eigenvalue weighted by atomic mass is 10.0. The van der Waals surface area contributed by atoms with E-state index >= 15 is 0 Å². The Bertz CT molecular complexity index is 1190. The van der Waals surface area contributed by atoms with Crippen molar-refractivity contribution in [2.45, 2.75) is 25.9 Å². The van der Waals surface area contributed by atoms with Crippen molar-refractivity contribution in [2.75, 3.05) is 54.6 Å². The van der Waals surface area contributed by atoms with Gasteiger partial charge in [0.25, 0.3) is 0 Å². The number of carbonyl (C=O) groups is 1. The van der Waals surface area contributed by atoms with E-state index in [2.05, 4.69) is 37.3 Å². The predicted octanol–water partition coefficient (Wildman–Crippen LogP) is 2.81. The summed E-state index contributed by atoms with van der Waals surface area (Å²) in [6, 6.07) is 7.09. The first-order chi connectivity index (χ1) is 17.6. The molecule has 0 aliphatic carbocycles. The summed E-state index contributed by atoms with van der Waals surface area (Å²) in [4.78, 5) is 35.0. The Hall–Kier alpha value is -3.86. The van der Waals surface area contributed by atoms with E-state index in [0.717, 1.165) is 48.0 Å². The fourth-order valence-corrected chi connectivity index (χ4v) is 4.51. The largest absolute Gasteiger partial charge is 0.377 e. The van der Waals surface area contributed by atoms with Crippen molar-refractivity contribution < 1.29 is 13.9 Å². The summed E-state index contributed by atoms with van der Waals surface area (Å²) in [5.41, 5.74) is 3.57. The van der Waals surface area contributed by atoms with Crippen LogP contribution in [0.4, 0.5) is 26.5 Å². The average Bonchev–Trinajstić information content (AvgIpc) is 2.92. The van der Waals surface area contributed by atoms with Crippen LogP contribution in [0.3, 0.4) is 0 Å². The van der Waals surface area contributed by atoms with Gasteiger partial charge in [0, 0.05) is 48.8 Å². The number of morpholine rings is 1. The molecule has 1 aromatic carbocycles. The number of fused-ring (bicyclic) bond motifs is 1. The summed E-state index contributed by atoms with van der Waals surface area (Å²) in [5, 5.41) is 5.15. The number of benzene rings is 1. The molecule has 5 rings (SSSR count). The molecule has 10 nitrogen and oxygen atoms in total. The van der Waals surface area contributed by atoms with Crippen molar-refractivity contribution >= 4 is 23.4 Å². The lowest BCUT2D eigenvalue weighted by Crippen LogP contribution is -2.45. The molecule has 4 heterocycles. The van der Waals surface area contributed by atoms with Crippen LogP contribution in [0, 0.1) is 0 Å². The quantitative estimate of drug-likeness (QED) is 0.541. The molecule has 2 N–H and O–H groups in total. The van der Waals surface area contributed by atoms with E-state index in [0.29, 0.717) is 31.3 Å². The van der Waals surface area contributed by atoms with Crippen molar-refractivity contribution in [3.63, 3.8) is 0 Å². The van der Waals surface area contributed by atoms with E-state index in [4.69, 9.17) is 14.7 Å². The van der Waals surface area contributed by atoms with Crippen LogP contribution in [0.1, 0.15) is 18.2 Å². The molecule has 1 fully saturated rings. The zero-order valence-corrected chi connectivity index (χ0v) is 20.2. The van der Waals surface area contributed by atoms with E-state index in [1.165, 1.54) is 0 Å². The van der Waals surface area contributed by atoms with E-state index in [1.807, 2.05) is 12.1 Å². The van der Waals surface area contributed by atoms with Gasteiger partial charge < -0.3 is 25.2 Å². The Labute approximate surface area is 208 Å². The van der Waals surface area contributed by atoms with Crippen LogP contribution in [0.2, 0.25) is 0 Å². The van der Waals surface area contributed by atoms with Crippen LogP contribution in [0.15, 0.2) is 42.9 Å². The van der Waals surface area contributed by atoms with Crippen LogP contribution in [-0.4, -0.2) is 71.5 Å². The minimum absolute atomic E-state index is 0.0266. The molecule has 188 valence electrons. The number of urea groups is 1. The molecule has 2 amide bonds. The number of hydrogen-bond donors (Lipinski definition) is 2. The highest BCUT2D eigenvalue weighted by atomic mass is 19.1. The Kier molecular flexibility index (Phi) is 7.17. The van der Waals surface area contributed by atoms with E-state index in [1.54, 1.807) is 30.7 Å². The van der Waals surface area contributed by atoms with Gasteiger partial charge in [0.1, 0.15) is 18.3 Å². The van der Waals surface area contributed by atoms with E-state index in [-0.39, 0.29) is 12.6 Å². The molecule has 11 heteroatoms. The van der Waals surface area contributed by atoms with Gasteiger partial charge >= 0.3 is 6.03 Å². The highest BCUT2D eigenvalue weighted by Gasteiger charge is 2.29. The fraction of sp³-hybridized carbons (Fsp3) is 0.400. The zero-order chi connectivity index (χ0) is 24.9. The number of rotatable bonds is 6. The molecule has 1 unspecified atom stereocenters. The summed E-state index contributed by atoms with van der Waals surface area (Å²) in [7, 11) is 0. The molecular formula is C25H29FN8O2. The fourth-order valence-electron chi connectivity index (χ4n) is 4.51. The number of halogens is 1. The molecule has 0 saturated carbocycles. The monoisotopic (exact) mass is 492 g/mol. The minimum atomic E-state index is -0.611. The van der Waals surface area contributed by atoms with E-state index < -0.39 is 12.7 Å². The van der Waals surface area contributed by atoms with Gasteiger partial charge in [-0.05, 0) is 37.6 Å². The van der Waals surface area contributed by atoms with Crippen LogP contribution in [0.25, 0.3) is 11.4 Å². The Morgan fingerprint density at radius 3 is 2.81 bits per heavy atom. The minimum Gasteiger partial charge on any atom is -0.377 e. The first kappa shape index (κ1) is 23.9. The summed E-state index contributed by atoms with van der Waals surface area (Å²) >= 11 is 0. The third kappa shape index (κ3) is 5.20. The van der Waals surface area contributed by atoms with Gasteiger partial charge in [-0.15, -0.1) is 0 Å². The number of anilines is 3. The van der Waals surface area contributed by atoms with Crippen LogP contribution in [0.5, 0.6) is 0 Å². The Morgan fingerprint density at radius 1 is 1.19 bits per heavy atom. The molecule has 2 aliphatic heterocycles. The normalized spacial score (nSPS) is 17.4. The first-order valence-corrected chi connectivity index (χ1v) is 12.1. The van der Waals surface area contributed by atoms with Crippen molar-refractivity contribution in [3.05, 3.63) is 54.1 Å². The first-order valence-electron chi connectivity index (χ1n) is 12.1. The second-order valence-electron chi connectivity index (χ2n) is 8.80. The van der Waals surface area contributed by atoms with Crippen molar-refractivity contribution in [2.24, 2.45) is 0 Å². The van der Waals surface area contributed by atoms with Crippen molar-refractivity contribution in [3.8, 4) is 11.4 Å². The van der Waals surface area contributed by atoms with Gasteiger partial charge in [0.2, 0.25) is 0 Å². The van der Waals surface area contributed by atoms with Gasteiger partial charge in [-0.2, -0.15) is 0 Å². The number of ether oxygens (including phenoxy) is 1. The number of aromatic nitrogens is 4. The lowest BCUT2D eigenvalue weighted by molar-refractivity contribution is 0.0984. The molecule has 2 aromatic heterocycles. The van der Waals surface area contributed by atoms with Crippen molar-refractivity contribution in [1.29, 1.82) is 0 Å². The summed E-state index contributed by atoms with van der Waals surface area (Å²) in [6.45, 7) is 5.03. The van der Waals surface area contributed by atoms with Crippen LogP contribution >= 0.6 is 0 Å². The highest BCUT2D eigenvalue weighted by molar-refractivity contribution is 5.89. The van der Waals surface area contributed by atoms with Crippen LogP contribution in [-0.2, 0) is 17.7 Å². The number of hydrogen-bond acceptors (Lipinski definition) is 8. The maximum atomic E-state index is 12.3. The lowest BCUT2D eigenvalue weighted by Gasteiger charge is -2.38. The molecule has 3 aromatic rings. The maximum Gasteiger partial charge on any atom is 0.319 e. The van der Waals surface area contributed by atoms with Crippen LogP contribution < -0.4 is 20.4 Å². The molecule has 2 aliphatic rings. The predicted molar refractivity (Wildman–Crippen MR) is 135 cm³/mol. The second kappa shape index (κ2) is 10.8. The van der Waals surface area contributed by atoms with E-state index in [9.17, 15) is 9.18 Å². The molecule has 0 spiro atoms. The summed E-state index contributed by atoms with van der Waals surface area (Å²) < 4.78 is 18.0. The standard InChI is InChI=1S/C25H29FN8O2/c1-17-16-36-13-12-34(17)24-20-6-11-33(22-14-27-9-10-28-22)15-21(20)31-23(32-24)18-2-4-19(5-3-18)30-25(35)29-8-7-26/h2-5,9-10,14,17H,6-8,11-13,15-16H2,1H3,(H2,29,30,35). The highest BCUT2D eigenvalue weighted by Crippen LogP contribution is 2.32. The van der Waals surface area contributed by atoms with Gasteiger partial charge in [0.05, 0.1) is 37.7 Å². The van der Waals surface area contributed by atoms with Gasteiger partial charge in [-0.3, -0.25) is 4.98 Å². The number of nitrogens with zero attached hydrogens (tertiary/aromatic N) is 6. The number of nitrogens with one attached hydrogen (secondary N) is 2. The topological polar surface area (TPSA) is 108 Å². The van der Waals surface area contributed by atoms with Crippen molar-refractivity contribution in [1.82, 2.24) is 25.3 Å². The Morgan fingerprint density at radius 2 is 2.06 bits per heavy atom. The molecular weight excluding hydrogens is 463 g/mol. The van der Waals surface area contributed by atoms with Gasteiger partial charge in [-0.1, -0.05) is 0 Å². The number of carbonyl (C=O) groups excluding carboxylic acids is 1. The van der Waals surface area contributed by atoms with Gasteiger partial charge in [-0.25, -0.2) is 24.1 Å². The number of amides is 2. The second-order valence-corrected chi connectivity index (χ2v) is 8.80. The SMILES string of the molecule is CC1COCCN1c1nc(-c2ccc(NC(=O)NCCF)cc2)nc2c1CCN(c1cnccn1)C2. The summed E-state index contributed by atoms with van der Waals surface area (Å²) in [6.07, 6.45) is 5.95. The summed E-state index contributed by atoms with van der Waals surface area (Å²) in [5.74, 6) is 2.40. The zero-order valence-electron chi connectivity index (χ0n) is 20.2. The molecule has 1 saturated heterocycles. The third-order valence-electron chi connectivity index (χ3n) is 6.34. The number of alkyl halides is 1. The molecule has 0 radical (unpaired) electrons. The average molecular weight is 493 g/mol. The smallest absolute Gasteiger partial charge is 0.319 e. The van der Waals surface area contributed by atoms with Gasteiger partial charge in [0.15, 0.2) is 5.82 Å². The molecule has 0 bridgehead atoms. The molecule has 1 atom stereocenters.